The fraction of sp³-hybridized carbons (Fsp3) is 0.423. The maximum absolute atomic E-state index is 13.0. The number of H-pyrrole nitrogens is 1. The quantitative estimate of drug-likeness (QED) is 0.337. The molecule has 1 saturated heterocycles. The van der Waals surface area contributed by atoms with Crippen molar-refractivity contribution in [3.8, 4) is 17.3 Å². The second kappa shape index (κ2) is 9.29. The Morgan fingerprint density at radius 3 is 2.84 bits per heavy atom. The lowest BCUT2D eigenvalue weighted by atomic mass is 9.78. The third kappa shape index (κ3) is 5.02. The molecule has 4 heterocycles. The molecular weight excluding hydrogens is 501 g/mol. The lowest BCUT2D eigenvalue weighted by Gasteiger charge is -2.49. The number of thiophene rings is 1. The molecule has 11 heteroatoms. The summed E-state index contributed by atoms with van der Waals surface area (Å²) in [6.07, 6.45) is -0.182. The van der Waals surface area contributed by atoms with E-state index in [2.05, 4.69) is 54.6 Å². The van der Waals surface area contributed by atoms with Gasteiger partial charge < -0.3 is 15.0 Å². The summed E-state index contributed by atoms with van der Waals surface area (Å²) in [5.74, 6) is 0.671. The van der Waals surface area contributed by atoms with E-state index in [-0.39, 0.29) is 16.3 Å². The van der Waals surface area contributed by atoms with Crippen molar-refractivity contribution >= 4 is 27.4 Å². The summed E-state index contributed by atoms with van der Waals surface area (Å²) in [5, 5.41) is 11.4. The maximum Gasteiger partial charge on any atom is 0.393 e. The molecule has 2 aliphatic rings. The summed E-state index contributed by atoms with van der Waals surface area (Å²) >= 11 is 1.06. The molecule has 1 saturated carbocycles. The first-order valence-electron chi connectivity index (χ1n) is 12.3. The molecule has 1 aromatic carbocycles. The van der Waals surface area contributed by atoms with Gasteiger partial charge >= 0.3 is 12.2 Å². The average Bonchev–Trinajstić information content (AvgIpc) is 3.60. The minimum Gasteiger partial charge on any atom is -0.467 e. The lowest BCUT2D eigenvalue weighted by Crippen LogP contribution is -2.56. The second-order valence-corrected chi connectivity index (χ2v) is 11.2. The molecular formula is C26H27F3N6OS. The number of hydrogen-bond acceptors (Lipinski definition) is 7. The van der Waals surface area contributed by atoms with Crippen LogP contribution in [0.2, 0.25) is 0 Å². The summed E-state index contributed by atoms with van der Waals surface area (Å²) in [4.78, 5) is 11.8. The number of ether oxygens (including phenoxy) is 1. The fourth-order valence-corrected chi connectivity index (χ4v) is 6.71. The molecule has 0 unspecified atom stereocenters. The molecule has 194 valence electrons. The monoisotopic (exact) mass is 528 g/mol. The van der Waals surface area contributed by atoms with Gasteiger partial charge in [-0.05, 0) is 48.6 Å². The number of aromatic nitrogens is 4. The summed E-state index contributed by atoms with van der Waals surface area (Å²) in [6.45, 7) is 2.47. The molecule has 2 N–H and O–H groups in total. The van der Waals surface area contributed by atoms with Crippen LogP contribution in [0.5, 0.6) is 6.01 Å². The topological polar surface area (TPSA) is 79.0 Å². The molecule has 37 heavy (non-hydrogen) atoms. The van der Waals surface area contributed by atoms with Gasteiger partial charge in [0.05, 0.1) is 24.6 Å². The predicted octanol–water partition coefficient (Wildman–Crippen LogP) is 5.34. The first-order chi connectivity index (χ1) is 17.8. The summed E-state index contributed by atoms with van der Waals surface area (Å²) < 4.78 is 44.2. The summed E-state index contributed by atoms with van der Waals surface area (Å²) in [5.41, 5.74) is 3.55. The van der Waals surface area contributed by atoms with Crippen LogP contribution in [-0.2, 0) is 13.0 Å². The van der Waals surface area contributed by atoms with Gasteiger partial charge in [0.15, 0.2) is 0 Å². The van der Waals surface area contributed by atoms with E-state index in [1.807, 2.05) is 6.07 Å². The highest BCUT2D eigenvalue weighted by atomic mass is 32.1. The van der Waals surface area contributed by atoms with Gasteiger partial charge in [-0.2, -0.15) is 28.2 Å². The number of anilines is 1. The van der Waals surface area contributed by atoms with Crippen molar-refractivity contribution in [1.82, 2.24) is 25.5 Å². The number of fused-ring (bicyclic) bond motifs is 1. The van der Waals surface area contributed by atoms with E-state index in [0.29, 0.717) is 22.1 Å². The molecule has 7 nitrogen and oxygen atoms in total. The van der Waals surface area contributed by atoms with Crippen LogP contribution in [0.1, 0.15) is 29.7 Å². The predicted molar refractivity (Wildman–Crippen MR) is 137 cm³/mol. The number of alkyl halides is 3. The highest BCUT2D eigenvalue weighted by Gasteiger charge is 2.49. The number of nitrogens with one attached hydrogen (secondary N) is 2. The lowest BCUT2D eigenvalue weighted by molar-refractivity contribution is -0.126. The number of rotatable bonds is 7. The Hall–Kier alpha value is -3.18. The number of nitrogens with zero attached hydrogens (tertiary/aromatic N) is 4. The Kier molecular flexibility index (Phi) is 6.07. The highest BCUT2D eigenvalue weighted by molar-refractivity contribution is 7.18. The summed E-state index contributed by atoms with van der Waals surface area (Å²) in [7, 11) is 1.48. The molecule has 0 bridgehead atoms. The van der Waals surface area contributed by atoms with Crippen molar-refractivity contribution in [1.29, 1.82) is 0 Å². The number of benzene rings is 1. The van der Waals surface area contributed by atoms with Gasteiger partial charge in [-0.25, -0.2) is 0 Å². The van der Waals surface area contributed by atoms with Crippen molar-refractivity contribution < 1.29 is 17.9 Å². The molecule has 0 radical (unpaired) electrons. The van der Waals surface area contributed by atoms with Crippen LogP contribution in [0.4, 0.5) is 19.0 Å². The van der Waals surface area contributed by atoms with E-state index in [1.165, 1.54) is 12.7 Å². The second-order valence-electron chi connectivity index (χ2n) is 10.1. The van der Waals surface area contributed by atoms with E-state index in [1.54, 1.807) is 12.3 Å². The Balaban J connectivity index is 1.11. The van der Waals surface area contributed by atoms with Crippen LogP contribution in [0.15, 0.2) is 42.6 Å². The molecule has 1 aliphatic heterocycles. The number of aromatic amines is 1. The normalized spacial score (nSPS) is 19.0. The van der Waals surface area contributed by atoms with Gasteiger partial charge in [0.25, 0.3) is 0 Å². The van der Waals surface area contributed by atoms with E-state index >= 15 is 0 Å². The molecule has 3 aromatic heterocycles. The Bertz CT molecular complexity index is 1400. The van der Waals surface area contributed by atoms with E-state index in [9.17, 15) is 13.2 Å². The zero-order valence-corrected chi connectivity index (χ0v) is 21.1. The molecule has 0 amide bonds. The van der Waals surface area contributed by atoms with Crippen molar-refractivity contribution in [3.63, 3.8) is 0 Å². The highest BCUT2D eigenvalue weighted by Crippen LogP contribution is 2.48. The third-order valence-electron chi connectivity index (χ3n) is 7.35. The zero-order valence-electron chi connectivity index (χ0n) is 20.3. The Labute approximate surface area is 216 Å². The van der Waals surface area contributed by atoms with Crippen molar-refractivity contribution in [2.45, 2.75) is 44.4 Å². The largest absolute Gasteiger partial charge is 0.467 e. The van der Waals surface area contributed by atoms with Gasteiger partial charge in [-0.1, -0.05) is 18.2 Å². The Morgan fingerprint density at radius 1 is 1.22 bits per heavy atom. The SMILES string of the molecule is COc1nc(N2CC3(CC[C@@H](NCc4cccc(-c5ccn[nH]5)c4)C3)C2)c2cc(CC(F)(F)F)sc2n1. The first kappa shape index (κ1) is 24.2. The van der Waals surface area contributed by atoms with Gasteiger partial charge in [0.1, 0.15) is 10.6 Å². The number of methoxy groups -OCH3 is 1. The molecule has 2 fully saturated rings. The van der Waals surface area contributed by atoms with E-state index < -0.39 is 12.6 Å². The first-order valence-corrected chi connectivity index (χ1v) is 13.1. The fourth-order valence-electron chi connectivity index (χ4n) is 5.66. The average molecular weight is 529 g/mol. The van der Waals surface area contributed by atoms with Crippen molar-refractivity contribution in [2.24, 2.45) is 5.41 Å². The van der Waals surface area contributed by atoms with Crippen LogP contribution in [0.3, 0.4) is 0 Å². The number of hydrogen-bond donors (Lipinski definition) is 2. The molecule has 1 spiro atoms. The van der Waals surface area contributed by atoms with Gasteiger partial charge in [-0.15, -0.1) is 11.3 Å². The zero-order chi connectivity index (χ0) is 25.6. The van der Waals surface area contributed by atoms with E-state index in [4.69, 9.17) is 4.74 Å². The minimum atomic E-state index is -4.26. The molecule has 1 atom stereocenters. The van der Waals surface area contributed by atoms with Crippen LogP contribution in [-0.4, -0.2) is 52.6 Å². The number of halogens is 3. The molecule has 6 rings (SSSR count). The third-order valence-corrected chi connectivity index (χ3v) is 8.38. The van der Waals surface area contributed by atoms with Crippen LogP contribution in [0.25, 0.3) is 21.5 Å². The molecule has 1 aliphatic carbocycles. The maximum atomic E-state index is 13.0. The minimum absolute atomic E-state index is 0.187. The summed E-state index contributed by atoms with van der Waals surface area (Å²) in [6, 6.07) is 12.6. The van der Waals surface area contributed by atoms with E-state index in [0.717, 1.165) is 61.5 Å². The Morgan fingerprint density at radius 2 is 2.08 bits per heavy atom. The smallest absolute Gasteiger partial charge is 0.393 e. The van der Waals surface area contributed by atoms with Gasteiger partial charge in [-0.3, -0.25) is 5.10 Å². The van der Waals surface area contributed by atoms with Crippen molar-refractivity contribution in [3.05, 3.63) is 53.0 Å². The van der Waals surface area contributed by atoms with Gasteiger partial charge in [0, 0.05) is 42.2 Å². The van der Waals surface area contributed by atoms with Crippen LogP contribution in [0, 0.1) is 5.41 Å². The molecule has 4 aromatic rings. The van der Waals surface area contributed by atoms with Gasteiger partial charge in [0.2, 0.25) is 0 Å². The van der Waals surface area contributed by atoms with Crippen molar-refractivity contribution in [2.75, 3.05) is 25.1 Å². The standard InChI is InChI=1S/C26H27F3N6OS/c1-36-24-32-22(20-10-19(12-26(27,28)29)37-23(20)33-24)35-14-25(15-35)7-5-18(11-25)30-13-16-3-2-4-17(9-16)21-6-8-31-34-21/h2-4,6,8-10,18,30H,5,7,11-15H2,1H3,(H,31,34)/t18-/m1/s1. The van der Waals surface area contributed by atoms with Crippen LogP contribution < -0.4 is 15.0 Å². The van der Waals surface area contributed by atoms with Crippen LogP contribution >= 0.6 is 11.3 Å².